The first-order valence-electron chi connectivity index (χ1n) is 8.47. The summed E-state index contributed by atoms with van der Waals surface area (Å²) < 4.78 is 45.4. The molecule has 1 aliphatic carbocycles. The average molecular weight is 379 g/mol. The molecule has 0 amide bonds. The van der Waals surface area contributed by atoms with Crippen molar-refractivity contribution in [2.45, 2.75) is 50.7 Å². The average Bonchev–Trinajstić information content (AvgIpc) is 3.15. The summed E-state index contributed by atoms with van der Waals surface area (Å²) in [7, 11) is 1.96. The van der Waals surface area contributed by atoms with Crippen LogP contribution in [0.15, 0.2) is 12.4 Å². The summed E-state index contributed by atoms with van der Waals surface area (Å²) >= 11 is 0. The minimum absolute atomic E-state index is 0.255. The molecular formula is C16H24F3N3O4. The SMILES string of the molecule is CCO[C@@H]1CC[C@H]2[C@H]1OCCN2Cc1cnn(C)c1.O=C(O)C(F)(F)F. The Labute approximate surface area is 149 Å². The second-order valence-electron chi connectivity index (χ2n) is 6.27. The minimum atomic E-state index is -5.08. The van der Waals surface area contributed by atoms with E-state index in [0.717, 1.165) is 32.7 Å². The molecule has 1 aromatic heterocycles. The zero-order valence-electron chi connectivity index (χ0n) is 14.8. The van der Waals surface area contributed by atoms with Gasteiger partial charge in [0.05, 0.1) is 25.0 Å². The van der Waals surface area contributed by atoms with E-state index in [4.69, 9.17) is 19.4 Å². The summed E-state index contributed by atoms with van der Waals surface area (Å²) in [4.78, 5) is 11.4. The first-order valence-corrected chi connectivity index (χ1v) is 8.47. The van der Waals surface area contributed by atoms with Crippen molar-refractivity contribution in [2.24, 2.45) is 7.05 Å². The quantitative estimate of drug-likeness (QED) is 0.860. The van der Waals surface area contributed by atoms with Crippen LogP contribution < -0.4 is 0 Å². The molecule has 1 aromatic rings. The number of aromatic nitrogens is 2. The number of morpholine rings is 1. The summed E-state index contributed by atoms with van der Waals surface area (Å²) in [6.45, 7) is 5.63. The zero-order chi connectivity index (χ0) is 19.3. The van der Waals surface area contributed by atoms with Crippen molar-refractivity contribution in [3.05, 3.63) is 18.0 Å². The number of carboxylic acid groups (broad SMARTS) is 1. The zero-order valence-corrected chi connectivity index (χ0v) is 14.8. The van der Waals surface area contributed by atoms with Crippen molar-refractivity contribution in [1.29, 1.82) is 0 Å². The number of fused-ring (bicyclic) bond motifs is 1. The molecule has 0 aromatic carbocycles. The van der Waals surface area contributed by atoms with Gasteiger partial charge in [-0.15, -0.1) is 0 Å². The summed E-state index contributed by atoms with van der Waals surface area (Å²) in [5.74, 6) is -2.76. The van der Waals surface area contributed by atoms with E-state index in [9.17, 15) is 13.2 Å². The molecule has 0 bridgehead atoms. The minimum Gasteiger partial charge on any atom is -0.475 e. The third-order valence-corrected chi connectivity index (χ3v) is 4.42. The van der Waals surface area contributed by atoms with Crippen molar-refractivity contribution < 1.29 is 32.5 Å². The molecule has 7 nitrogen and oxygen atoms in total. The molecule has 1 N–H and O–H groups in total. The highest BCUT2D eigenvalue weighted by Crippen LogP contribution is 2.32. The maximum atomic E-state index is 10.6. The van der Waals surface area contributed by atoms with Crippen molar-refractivity contribution in [3.8, 4) is 0 Å². The lowest BCUT2D eigenvalue weighted by Crippen LogP contribution is -2.51. The van der Waals surface area contributed by atoms with Crippen LogP contribution in [0, 0.1) is 0 Å². The molecule has 0 unspecified atom stereocenters. The Kier molecular flexibility index (Phi) is 7.01. The molecule has 26 heavy (non-hydrogen) atoms. The number of carboxylic acids is 1. The number of hydrogen-bond donors (Lipinski definition) is 1. The number of carbonyl (C=O) groups is 1. The highest BCUT2D eigenvalue weighted by Gasteiger charge is 2.43. The van der Waals surface area contributed by atoms with Gasteiger partial charge in [-0.1, -0.05) is 0 Å². The molecule has 0 radical (unpaired) electrons. The Balaban J connectivity index is 0.000000298. The molecular weight excluding hydrogens is 355 g/mol. The van der Waals surface area contributed by atoms with Crippen molar-refractivity contribution in [2.75, 3.05) is 19.8 Å². The summed E-state index contributed by atoms with van der Waals surface area (Å²) in [5.41, 5.74) is 1.28. The molecule has 3 rings (SSSR count). The second-order valence-corrected chi connectivity index (χ2v) is 6.27. The molecule has 0 spiro atoms. The molecule has 1 aliphatic heterocycles. The second kappa shape index (κ2) is 8.83. The van der Waals surface area contributed by atoms with E-state index in [2.05, 4.69) is 23.1 Å². The van der Waals surface area contributed by atoms with Gasteiger partial charge in [0.1, 0.15) is 0 Å². The maximum Gasteiger partial charge on any atom is 0.490 e. The lowest BCUT2D eigenvalue weighted by Gasteiger charge is -2.38. The fourth-order valence-corrected chi connectivity index (χ4v) is 3.37. The van der Waals surface area contributed by atoms with Crippen molar-refractivity contribution in [3.63, 3.8) is 0 Å². The van der Waals surface area contributed by atoms with Gasteiger partial charge in [0.15, 0.2) is 0 Å². The van der Waals surface area contributed by atoms with Crippen LogP contribution in [0.25, 0.3) is 0 Å². The molecule has 3 atom stereocenters. The van der Waals surface area contributed by atoms with Crippen molar-refractivity contribution >= 4 is 5.97 Å². The lowest BCUT2D eigenvalue weighted by molar-refractivity contribution is -0.192. The summed E-state index contributed by atoms with van der Waals surface area (Å²) in [5, 5.41) is 11.4. The number of ether oxygens (including phenoxy) is 2. The monoisotopic (exact) mass is 379 g/mol. The number of aryl methyl sites for hydroxylation is 1. The van der Waals surface area contributed by atoms with Crippen LogP contribution in [-0.4, -0.2) is 69.9 Å². The number of alkyl halides is 3. The van der Waals surface area contributed by atoms with Crippen LogP contribution >= 0.6 is 0 Å². The van der Waals surface area contributed by atoms with Crippen LogP contribution in [0.1, 0.15) is 25.3 Å². The first kappa shape index (κ1) is 20.7. The van der Waals surface area contributed by atoms with E-state index in [-0.39, 0.29) is 12.2 Å². The number of halogens is 3. The molecule has 1 saturated carbocycles. The third kappa shape index (κ3) is 5.42. The molecule has 2 aliphatic rings. The number of rotatable bonds is 4. The van der Waals surface area contributed by atoms with Crippen LogP contribution in [0.5, 0.6) is 0 Å². The maximum absolute atomic E-state index is 10.6. The predicted molar refractivity (Wildman–Crippen MR) is 85.5 cm³/mol. The van der Waals surface area contributed by atoms with Gasteiger partial charge >= 0.3 is 12.1 Å². The lowest BCUT2D eigenvalue weighted by atomic mass is 10.1. The van der Waals surface area contributed by atoms with Crippen LogP contribution in [0.2, 0.25) is 0 Å². The molecule has 2 fully saturated rings. The highest BCUT2D eigenvalue weighted by molar-refractivity contribution is 5.73. The van der Waals surface area contributed by atoms with E-state index in [1.54, 1.807) is 0 Å². The van der Waals surface area contributed by atoms with E-state index >= 15 is 0 Å². The van der Waals surface area contributed by atoms with Gasteiger partial charge in [0.25, 0.3) is 0 Å². The van der Waals surface area contributed by atoms with E-state index in [1.165, 1.54) is 12.0 Å². The predicted octanol–water partition coefficient (Wildman–Crippen LogP) is 1.82. The molecule has 148 valence electrons. The van der Waals surface area contributed by atoms with E-state index in [0.29, 0.717) is 6.04 Å². The Hall–Kier alpha value is -1.65. The van der Waals surface area contributed by atoms with Gasteiger partial charge < -0.3 is 14.6 Å². The largest absolute Gasteiger partial charge is 0.490 e. The van der Waals surface area contributed by atoms with Crippen LogP contribution in [-0.2, 0) is 27.9 Å². The van der Waals surface area contributed by atoms with Gasteiger partial charge in [-0.3, -0.25) is 9.58 Å². The molecule has 2 heterocycles. The van der Waals surface area contributed by atoms with Crippen LogP contribution in [0.4, 0.5) is 13.2 Å². The first-order chi connectivity index (χ1) is 12.2. The third-order valence-electron chi connectivity index (χ3n) is 4.42. The van der Waals surface area contributed by atoms with E-state index in [1.807, 2.05) is 17.9 Å². The molecule has 1 saturated heterocycles. The fraction of sp³-hybridized carbons (Fsp3) is 0.750. The number of hydrogen-bond acceptors (Lipinski definition) is 5. The Bertz CT molecular complexity index is 594. The molecule has 10 heteroatoms. The fourth-order valence-electron chi connectivity index (χ4n) is 3.37. The van der Waals surface area contributed by atoms with Gasteiger partial charge in [0.2, 0.25) is 0 Å². The summed E-state index contributed by atoms with van der Waals surface area (Å²) in [6.07, 6.45) is 1.80. The van der Waals surface area contributed by atoms with Gasteiger partial charge in [-0.25, -0.2) is 4.79 Å². The number of aliphatic carboxylic acids is 1. The smallest absolute Gasteiger partial charge is 0.475 e. The van der Waals surface area contributed by atoms with Crippen LogP contribution in [0.3, 0.4) is 0 Å². The van der Waals surface area contributed by atoms with E-state index < -0.39 is 12.1 Å². The normalized spacial score (nSPS) is 26.1. The van der Waals surface area contributed by atoms with Crippen molar-refractivity contribution in [1.82, 2.24) is 14.7 Å². The number of nitrogens with zero attached hydrogens (tertiary/aromatic N) is 3. The Morgan fingerprint density at radius 3 is 2.69 bits per heavy atom. The Morgan fingerprint density at radius 1 is 1.46 bits per heavy atom. The topological polar surface area (TPSA) is 76.8 Å². The van der Waals surface area contributed by atoms with Gasteiger partial charge in [-0.2, -0.15) is 18.3 Å². The highest BCUT2D eigenvalue weighted by atomic mass is 19.4. The van der Waals surface area contributed by atoms with Gasteiger partial charge in [-0.05, 0) is 19.8 Å². The summed E-state index contributed by atoms with van der Waals surface area (Å²) in [6, 6.07) is 0.505. The standard InChI is InChI=1S/C14H23N3O2.C2HF3O2/c1-3-18-13-5-4-12-14(13)19-7-6-17(12)10-11-8-15-16(2)9-11;3-2(4,5)1(6)7/h8-9,12-14H,3-7,10H2,1-2H3;(H,6,7)/t12-,13+,14+;/m0./s1. The van der Waals surface area contributed by atoms with Gasteiger partial charge in [0, 0.05) is 44.5 Å². The Morgan fingerprint density at radius 2 is 2.15 bits per heavy atom.